The SMILES string of the molecule is Cc1oc2ncnc(NC3(C)CC3)c2c1C(=O)N1CCc2ccc(O)cc2C1. The van der Waals surface area contributed by atoms with Crippen molar-refractivity contribution in [3.63, 3.8) is 0 Å². The molecule has 0 atom stereocenters. The first-order valence-electron chi connectivity index (χ1n) is 9.56. The maximum atomic E-state index is 13.4. The molecule has 144 valence electrons. The summed E-state index contributed by atoms with van der Waals surface area (Å²) in [5.74, 6) is 1.33. The van der Waals surface area contributed by atoms with Crippen LogP contribution in [0.3, 0.4) is 0 Å². The number of aromatic hydroxyl groups is 1. The molecular formula is C21H22N4O3. The van der Waals surface area contributed by atoms with E-state index in [0.29, 0.717) is 41.3 Å². The lowest BCUT2D eigenvalue weighted by molar-refractivity contribution is 0.0734. The van der Waals surface area contributed by atoms with Crippen molar-refractivity contribution in [1.82, 2.24) is 14.9 Å². The van der Waals surface area contributed by atoms with Crippen molar-refractivity contribution in [3.05, 3.63) is 47.0 Å². The van der Waals surface area contributed by atoms with Crippen molar-refractivity contribution in [3.8, 4) is 5.75 Å². The van der Waals surface area contributed by atoms with Gasteiger partial charge in [-0.15, -0.1) is 0 Å². The van der Waals surface area contributed by atoms with Gasteiger partial charge in [0.05, 0.1) is 10.9 Å². The number of phenolic OH excluding ortho intramolecular Hbond substituents is 1. The molecule has 0 bridgehead atoms. The molecule has 3 heterocycles. The number of nitrogens with one attached hydrogen (secondary N) is 1. The molecule has 5 rings (SSSR count). The van der Waals surface area contributed by atoms with E-state index in [2.05, 4.69) is 22.2 Å². The Balaban J connectivity index is 1.54. The Morgan fingerprint density at radius 3 is 2.89 bits per heavy atom. The monoisotopic (exact) mass is 378 g/mol. The lowest BCUT2D eigenvalue weighted by Gasteiger charge is -2.29. The van der Waals surface area contributed by atoms with E-state index in [4.69, 9.17) is 4.42 Å². The van der Waals surface area contributed by atoms with Crippen LogP contribution in [0.4, 0.5) is 5.82 Å². The smallest absolute Gasteiger partial charge is 0.258 e. The van der Waals surface area contributed by atoms with Crippen molar-refractivity contribution >= 4 is 22.8 Å². The van der Waals surface area contributed by atoms with Gasteiger partial charge in [-0.25, -0.2) is 9.97 Å². The molecule has 2 aromatic heterocycles. The molecule has 0 unspecified atom stereocenters. The van der Waals surface area contributed by atoms with Crippen LogP contribution in [0.2, 0.25) is 0 Å². The zero-order valence-corrected chi connectivity index (χ0v) is 16.0. The topological polar surface area (TPSA) is 91.5 Å². The van der Waals surface area contributed by atoms with Crippen molar-refractivity contribution in [2.75, 3.05) is 11.9 Å². The van der Waals surface area contributed by atoms with E-state index >= 15 is 0 Å². The second-order valence-corrected chi connectivity index (χ2v) is 8.05. The van der Waals surface area contributed by atoms with E-state index in [1.54, 1.807) is 24.0 Å². The third kappa shape index (κ3) is 2.78. The number of nitrogens with zero attached hydrogens (tertiary/aromatic N) is 3. The first-order chi connectivity index (χ1) is 13.4. The minimum absolute atomic E-state index is 0.0222. The van der Waals surface area contributed by atoms with Crippen LogP contribution in [-0.2, 0) is 13.0 Å². The fourth-order valence-electron chi connectivity index (χ4n) is 3.87. The average Bonchev–Trinajstić information content (AvgIpc) is 3.29. The Bertz CT molecular complexity index is 1100. The van der Waals surface area contributed by atoms with E-state index in [1.807, 2.05) is 6.07 Å². The Morgan fingerprint density at radius 1 is 1.29 bits per heavy atom. The van der Waals surface area contributed by atoms with E-state index in [0.717, 1.165) is 24.8 Å². The maximum absolute atomic E-state index is 13.4. The number of carbonyl (C=O) groups is 1. The summed E-state index contributed by atoms with van der Waals surface area (Å²) in [5.41, 5.74) is 3.12. The lowest BCUT2D eigenvalue weighted by Crippen LogP contribution is -2.36. The van der Waals surface area contributed by atoms with Crippen LogP contribution in [0.1, 0.15) is 47.0 Å². The van der Waals surface area contributed by atoms with Crippen LogP contribution in [0, 0.1) is 6.92 Å². The number of amides is 1. The average molecular weight is 378 g/mol. The molecule has 3 aromatic rings. The maximum Gasteiger partial charge on any atom is 0.258 e. The third-order valence-electron chi connectivity index (χ3n) is 5.79. The van der Waals surface area contributed by atoms with Gasteiger partial charge in [-0.05, 0) is 56.4 Å². The summed E-state index contributed by atoms with van der Waals surface area (Å²) < 4.78 is 5.80. The fourth-order valence-corrected chi connectivity index (χ4v) is 3.87. The Labute approximate surface area is 162 Å². The number of aryl methyl sites for hydroxylation is 1. The molecule has 7 nitrogen and oxygen atoms in total. The quantitative estimate of drug-likeness (QED) is 0.726. The summed E-state index contributed by atoms with van der Waals surface area (Å²) in [5, 5.41) is 13.9. The summed E-state index contributed by atoms with van der Waals surface area (Å²) in [6.45, 7) is 5.02. The van der Waals surface area contributed by atoms with Crippen LogP contribution in [0.15, 0.2) is 28.9 Å². The molecule has 1 aliphatic heterocycles. The van der Waals surface area contributed by atoms with Crippen LogP contribution < -0.4 is 5.32 Å². The summed E-state index contributed by atoms with van der Waals surface area (Å²) in [4.78, 5) is 23.9. The number of aromatic nitrogens is 2. The number of furan rings is 1. The molecular weight excluding hydrogens is 356 g/mol. The van der Waals surface area contributed by atoms with Gasteiger partial charge in [-0.3, -0.25) is 4.79 Å². The van der Waals surface area contributed by atoms with Gasteiger partial charge in [0.25, 0.3) is 5.91 Å². The van der Waals surface area contributed by atoms with Crippen molar-refractivity contribution < 1.29 is 14.3 Å². The van der Waals surface area contributed by atoms with Crippen molar-refractivity contribution in [1.29, 1.82) is 0 Å². The van der Waals surface area contributed by atoms with Gasteiger partial charge in [0.1, 0.15) is 23.7 Å². The van der Waals surface area contributed by atoms with Crippen LogP contribution in [0.25, 0.3) is 11.1 Å². The summed E-state index contributed by atoms with van der Waals surface area (Å²) in [6.07, 6.45) is 4.37. The van der Waals surface area contributed by atoms with Gasteiger partial charge < -0.3 is 19.7 Å². The number of hydrogen-bond donors (Lipinski definition) is 2. The number of hydrogen-bond acceptors (Lipinski definition) is 6. The minimum Gasteiger partial charge on any atom is -0.508 e. The number of rotatable bonds is 3. The molecule has 1 aromatic carbocycles. The standard InChI is InChI=1S/C21H22N4O3/c1-12-16(17-18(24-21(2)6-7-21)22-11-23-19(17)28-12)20(27)25-8-5-13-3-4-15(26)9-14(13)10-25/h3-4,9,11,26H,5-8,10H2,1-2H3,(H,22,23,24). The zero-order valence-electron chi connectivity index (χ0n) is 16.0. The highest BCUT2D eigenvalue weighted by atomic mass is 16.3. The molecule has 28 heavy (non-hydrogen) atoms. The second kappa shape index (κ2) is 5.95. The highest BCUT2D eigenvalue weighted by Crippen LogP contribution is 2.40. The van der Waals surface area contributed by atoms with Crippen LogP contribution in [0.5, 0.6) is 5.75 Å². The summed E-state index contributed by atoms with van der Waals surface area (Å²) in [7, 11) is 0. The molecule has 2 aliphatic rings. The van der Waals surface area contributed by atoms with E-state index in [9.17, 15) is 9.90 Å². The molecule has 1 amide bonds. The Hall–Kier alpha value is -3.09. The third-order valence-corrected chi connectivity index (χ3v) is 5.79. The lowest BCUT2D eigenvalue weighted by atomic mass is 9.98. The molecule has 1 fully saturated rings. The number of carbonyl (C=O) groups excluding carboxylic acids is 1. The highest BCUT2D eigenvalue weighted by molar-refractivity contribution is 6.10. The van der Waals surface area contributed by atoms with Crippen molar-refractivity contribution in [2.45, 2.75) is 45.2 Å². The highest BCUT2D eigenvalue weighted by Gasteiger charge is 2.39. The summed E-state index contributed by atoms with van der Waals surface area (Å²) >= 11 is 0. The van der Waals surface area contributed by atoms with Gasteiger partial charge >= 0.3 is 0 Å². The molecule has 7 heteroatoms. The molecule has 2 N–H and O–H groups in total. The molecule has 1 saturated carbocycles. The fraction of sp³-hybridized carbons (Fsp3) is 0.381. The number of phenols is 1. The molecule has 1 aliphatic carbocycles. The Kier molecular flexibility index (Phi) is 3.62. The van der Waals surface area contributed by atoms with Gasteiger partial charge in [0, 0.05) is 18.6 Å². The van der Waals surface area contributed by atoms with E-state index in [-0.39, 0.29) is 17.2 Å². The molecule has 0 saturated heterocycles. The summed E-state index contributed by atoms with van der Waals surface area (Å²) in [6, 6.07) is 5.36. The first kappa shape index (κ1) is 17.0. The van der Waals surface area contributed by atoms with Gasteiger partial charge in [-0.1, -0.05) is 6.07 Å². The van der Waals surface area contributed by atoms with Gasteiger partial charge in [0.2, 0.25) is 5.71 Å². The predicted molar refractivity (Wildman–Crippen MR) is 104 cm³/mol. The van der Waals surface area contributed by atoms with E-state index < -0.39 is 0 Å². The number of benzene rings is 1. The number of fused-ring (bicyclic) bond motifs is 2. The van der Waals surface area contributed by atoms with Crippen LogP contribution in [-0.4, -0.2) is 38.0 Å². The number of anilines is 1. The largest absolute Gasteiger partial charge is 0.508 e. The van der Waals surface area contributed by atoms with Gasteiger partial charge in [-0.2, -0.15) is 0 Å². The Morgan fingerprint density at radius 2 is 2.11 bits per heavy atom. The normalized spacial score (nSPS) is 17.4. The van der Waals surface area contributed by atoms with Gasteiger partial charge in [0.15, 0.2) is 0 Å². The second-order valence-electron chi connectivity index (χ2n) is 8.05. The van der Waals surface area contributed by atoms with E-state index in [1.165, 1.54) is 11.9 Å². The zero-order chi connectivity index (χ0) is 19.5. The van der Waals surface area contributed by atoms with Crippen LogP contribution >= 0.6 is 0 Å². The molecule has 0 radical (unpaired) electrons. The first-order valence-corrected chi connectivity index (χ1v) is 9.56. The minimum atomic E-state index is -0.0935. The predicted octanol–water partition coefficient (Wildman–Crippen LogP) is 3.40. The molecule has 0 spiro atoms. The van der Waals surface area contributed by atoms with Crippen molar-refractivity contribution in [2.24, 2.45) is 0 Å².